The Kier molecular flexibility index (Phi) is 3.29. The smallest absolute Gasteiger partial charge is 0.240 e. The maximum Gasteiger partial charge on any atom is 0.240 e. The molecule has 0 spiro atoms. The van der Waals surface area contributed by atoms with Crippen LogP contribution in [-0.2, 0) is 4.79 Å². The van der Waals surface area contributed by atoms with Crippen LogP contribution < -0.4 is 10.6 Å². The Morgan fingerprint density at radius 1 is 1.62 bits per heavy atom. The predicted molar refractivity (Wildman–Crippen MR) is 62.1 cm³/mol. The van der Waals surface area contributed by atoms with E-state index >= 15 is 0 Å². The molecule has 1 fully saturated rings. The average Bonchev–Trinajstić information content (AvgIpc) is 2.29. The summed E-state index contributed by atoms with van der Waals surface area (Å²) in [5.41, 5.74) is 5.35. The maximum atomic E-state index is 11.3. The third kappa shape index (κ3) is 2.27. The van der Waals surface area contributed by atoms with E-state index in [1.54, 1.807) is 6.07 Å². The van der Waals surface area contributed by atoms with Crippen LogP contribution in [0, 0.1) is 6.42 Å². The van der Waals surface area contributed by atoms with Crippen molar-refractivity contribution in [2.24, 2.45) is 5.73 Å². The minimum atomic E-state index is -0.361. The van der Waals surface area contributed by atoms with Crippen LogP contribution in [0.2, 0.25) is 5.15 Å². The molecule has 1 unspecified atom stereocenters. The summed E-state index contributed by atoms with van der Waals surface area (Å²) in [5, 5.41) is 0.416. The van der Waals surface area contributed by atoms with Crippen molar-refractivity contribution < 1.29 is 4.79 Å². The minimum Gasteiger partial charge on any atom is -0.368 e. The third-order valence-corrected chi connectivity index (χ3v) is 2.78. The van der Waals surface area contributed by atoms with Crippen molar-refractivity contribution in [1.29, 1.82) is 0 Å². The predicted octanol–water partition coefficient (Wildman–Crippen LogP) is 1.27. The number of piperidine rings is 1. The Morgan fingerprint density at radius 2 is 2.44 bits per heavy atom. The number of aromatic nitrogens is 1. The molecule has 2 N–H and O–H groups in total. The van der Waals surface area contributed by atoms with Gasteiger partial charge in [-0.25, -0.2) is 4.98 Å². The topological polar surface area (TPSA) is 59.2 Å². The van der Waals surface area contributed by atoms with Crippen molar-refractivity contribution in [3.63, 3.8) is 0 Å². The van der Waals surface area contributed by atoms with Gasteiger partial charge in [-0.15, -0.1) is 0 Å². The molecule has 1 aromatic heterocycles. The summed E-state index contributed by atoms with van der Waals surface area (Å²) >= 11 is 5.82. The van der Waals surface area contributed by atoms with Gasteiger partial charge in [0.05, 0.1) is 0 Å². The highest BCUT2D eigenvalue weighted by atomic mass is 35.5. The first-order chi connectivity index (χ1) is 7.68. The van der Waals surface area contributed by atoms with Crippen LogP contribution in [0.1, 0.15) is 12.8 Å². The lowest BCUT2D eigenvalue weighted by molar-refractivity contribution is -0.119. The molecule has 2 heterocycles. The zero-order valence-corrected chi connectivity index (χ0v) is 9.44. The normalized spacial score (nSPS) is 20.8. The number of primary amides is 1. The summed E-state index contributed by atoms with van der Waals surface area (Å²) in [5.74, 6) is 0.340. The third-order valence-electron chi connectivity index (χ3n) is 2.57. The number of nitrogens with zero attached hydrogens (tertiary/aromatic N) is 2. The first-order valence-corrected chi connectivity index (χ1v) is 5.45. The number of rotatable bonds is 2. The number of nitrogens with two attached hydrogens (primary N) is 1. The van der Waals surface area contributed by atoms with Gasteiger partial charge < -0.3 is 10.6 Å². The second-order valence-corrected chi connectivity index (χ2v) is 4.02. The Hall–Kier alpha value is -1.29. The van der Waals surface area contributed by atoms with Gasteiger partial charge in [0.15, 0.2) is 0 Å². The first-order valence-electron chi connectivity index (χ1n) is 5.08. The molecule has 1 amide bonds. The Morgan fingerprint density at radius 3 is 3.12 bits per heavy atom. The van der Waals surface area contributed by atoms with Crippen LogP contribution in [0.5, 0.6) is 0 Å². The molecule has 5 heteroatoms. The van der Waals surface area contributed by atoms with Crippen molar-refractivity contribution in [1.82, 2.24) is 4.98 Å². The monoisotopic (exact) mass is 237 g/mol. The minimum absolute atomic E-state index is 0.353. The summed E-state index contributed by atoms with van der Waals surface area (Å²) in [4.78, 5) is 17.4. The second-order valence-electron chi connectivity index (χ2n) is 3.63. The van der Waals surface area contributed by atoms with Gasteiger partial charge in [-0.05, 0) is 31.4 Å². The van der Waals surface area contributed by atoms with E-state index in [-0.39, 0.29) is 11.9 Å². The molecule has 1 aliphatic rings. The summed E-state index contributed by atoms with van der Waals surface area (Å²) in [6, 6.07) is 4.98. The number of anilines is 1. The van der Waals surface area contributed by atoms with Gasteiger partial charge in [0.1, 0.15) is 17.0 Å². The maximum absolute atomic E-state index is 11.3. The van der Waals surface area contributed by atoms with E-state index < -0.39 is 0 Å². The summed E-state index contributed by atoms with van der Waals surface area (Å²) in [6.45, 7) is 0.695. The molecule has 1 atom stereocenters. The second kappa shape index (κ2) is 4.70. The highest BCUT2D eigenvalue weighted by molar-refractivity contribution is 6.29. The Bertz CT molecular complexity index is 397. The Balaban J connectivity index is 2.26. The molecule has 2 rings (SSSR count). The van der Waals surface area contributed by atoms with Crippen molar-refractivity contribution in [2.45, 2.75) is 18.9 Å². The molecule has 1 saturated heterocycles. The summed E-state index contributed by atoms with van der Waals surface area (Å²) < 4.78 is 0. The lowest BCUT2D eigenvalue weighted by Crippen LogP contribution is -2.48. The van der Waals surface area contributed by atoms with E-state index in [9.17, 15) is 4.79 Å². The number of hydrogen-bond donors (Lipinski definition) is 1. The molecule has 0 aromatic carbocycles. The molecular weight excluding hydrogens is 226 g/mol. The largest absolute Gasteiger partial charge is 0.368 e. The molecule has 1 aromatic rings. The van der Waals surface area contributed by atoms with Crippen molar-refractivity contribution in [2.75, 3.05) is 11.4 Å². The number of hydrogen-bond acceptors (Lipinski definition) is 3. The summed E-state index contributed by atoms with van der Waals surface area (Å²) in [6.07, 6.45) is 4.48. The van der Waals surface area contributed by atoms with Gasteiger partial charge in [0.2, 0.25) is 5.91 Å². The number of pyridine rings is 1. The van der Waals surface area contributed by atoms with E-state index in [1.165, 1.54) is 0 Å². The lowest BCUT2D eigenvalue weighted by atomic mass is 10.0. The van der Waals surface area contributed by atoms with Gasteiger partial charge in [0, 0.05) is 6.54 Å². The average molecular weight is 238 g/mol. The highest BCUT2D eigenvalue weighted by Crippen LogP contribution is 2.23. The van der Waals surface area contributed by atoms with E-state index in [0.29, 0.717) is 23.9 Å². The fraction of sp³-hybridized carbons (Fsp3) is 0.364. The molecule has 84 valence electrons. The molecule has 0 bridgehead atoms. The lowest BCUT2D eigenvalue weighted by Gasteiger charge is -2.34. The van der Waals surface area contributed by atoms with Crippen LogP contribution in [0.15, 0.2) is 18.2 Å². The number of carbonyl (C=O) groups excluding carboxylic acids is 1. The van der Waals surface area contributed by atoms with Crippen LogP contribution in [0.4, 0.5) is 5.82 Å². The number of amides is 1. The van der Waals surface area contributed by atoms with E-state index in [2.05, 4.69) is 11.4 Å². The van der Waals surface area contributed by atoms with E-state index in [1.807, 2.05) is 17.0 Å². The fourth-order valence-electron chi connectivity index (χ4n) is 1.79. The molecule has 16 heavy (non-hydrogen) atoms. The van der Waals surface area contributed by atoms with Crippen LogP contribution in [0.3, 0.4) is 0 Å². The van der Waals surface area contributed by atoms with E-state index in [0.717, 1.165) is 6.42 Å². The number of carbonyl (C=O) groups is 1. The first kappa shape index (κ1) is 11.2. The summed E-state index contributed by atoms with van der Waals surface area (Å²) in [7, 11) is 0. The van der Waals surface area contributed by atoms with E-state index in [4.69, 9.17) is 17.3 Å². The molecule has 1 aliphatic heterocycles. The van der Waals surface area contributed by atoms with Crippen LogP contribution in [-0.4, -0.2) is 23.5 Å². The quantitative estimate of drug-likeness (QED) is 0.788. The zero-order valence-electron chi connectivity index (χ0n) is 8.69. The fourth-order valence-corrected chi connectivity index (χ4v) is 1.95. The van der Waals surface area contributed by atoms with Crippen molar-refractivity contribution in [3.8, 4) is 0 Å². The van der Waals surface area contributed by atoms with Crippen LogP contribution in [0.25, 0.3) is 0 Å². The zero-order chi connectivity index (χ0) is 11.5. The SMILES string of the molecule is NC(=O)C1C[C]CCN1c1cccc(Cl)n1. The molecule has 4 nitrogen and oxygen atoms in total. The highest BCUT2D eigenvalue weighted by Gasteiger charge is 2.28. The Labute approximate surface area is 99.4 Å². The standard InChI is InChI=1S/C11H12ClN3O/c12-9-5-3-6-10(14-9)15-7-2-1-4-8(15)11(13)16/h3,5-6,8H,2,4,7H2,(H2,13,16). The van der Waals surface area contributed by atoms with Gasteiger partial charge in [0.25, 0.3) is 0 Å². The van der Waals surface area contributed by atoms with Gasteiger partial charge >= 0.3 is 0 Å². The van der Waals surface area contributed by atoms with Crippen molar-refractivity contribution in [3.05, 3.63) is 29.8 Å². The molecule has 0 aliphatic carbocycles. The molecule has 2 radical (unpaired) electrons. The van der Waals surface area contributed by atoms with Crippen LogP contribution >= 0.6 is 11.6 Å². The molecule has 0 saturated carbocycles. The number of halogens is 1. The van der Waals surface area contributed by atoms with Gasteiger partial charge in [-0.2, -0.15) is 0 Å². The molecular formula is C11H12ClN3O. The van der Waals surface area contributed by atoms with Gasteiger partial charge in [-0.1, -0.05) is 17.7 Å². The van der Waals surface area contributed by atoms with Gasteiger partial charge in [-0.3, -0.25) is 4.79 Å². The van der Waals surface area contributed by atoms with Crippen molar-refractivity contribution >= 4 is 23.3 Å².